The van der Waals surface area contributed by atoms with Crippen molar-refractivity contribution in [3.05, 3.63) is 94.6 Å². The molecule has 124 valence electrons. The normalized spacial score (nSPS) is 10.6. The molecular weight excluding hydrogens is 320 g/mol. The summed E-state index contributed by atoms with van der Waals surface area (Å²) in [6, 6.07) is 27.0. The molecule has 0 aliphatic heterocycles. The highest BCUT2D eigenvalue weighted by atomic mass is 16.1. The van der Waals surface area contributed by atoms with Crippen LogP contribution < -0.4 is 5.43 Å². The molecule has 0 aliphatic carbocycles. The molecule has 0 unspecified atom stereocenters. The van der Waals surface area contributed by atoms with Crippen LogP contribution in [0.4, 0.5) is 0 Å². The van der Waals surface area contributed by atoms with Crippen LogP contribution in [-0.4, -0.2) is 4.57 Å². The van der Waals surface area contributed by atoms with E-state index in [0.717, 1.165) is 22.3 Å². The maximum absolute atomic E-state index is 13.4. The molecule has 0 bridgehead atoms. The Morgan fingerprint density at radius 2 is 1.46 bits per heavy atom. The summed E-state index contributed by atoms with van der Waals surface area (Å²) in [6.45, 7) is 0. The zero-order chi connectivity index (χ0) is 18.1. The van der Waals surface area contributed by atoms with Gasteiger partial charge in [-0.25, -0.2) is 0 Å². The second-order valence-electron chi connectivity index (χ2n) is 6.19. The molecule has 0 fully saturated rings. The number of fused-ring (bicyclic) bond motifs is 1. The maximum Gasteiger partial charge on any atom is 0.197 e. The summed E-state index contributed by atoms with van der Waals surface area (Å²) in [6.07, 6.45) is 0. The third-order valence-electron chi connectivity index (χ3n) is 4.64. The highest BCUT2D eigenvalue weighted by Crippen LogP contribution is 2.32. The molecule has 26 heavy (non-hydrogen) atoms. The number of benzene rings is 3. The van der Waals surface area contributed by atoms with E-state index in [1.165, 1.54) is 0 Å². The Balaban J connectivity index is 2.20. The van der Waals surface area contributed by atoms with Gasteiger partial charge >= 0.3 is 0 Å². The van der Waals surface area contributed by atoms with Crippen molar-refractivity contribution in [1.82, 2.24) is 4.57 Å². The van der Waals surface area contributed by atoms with Crippen molar-refractivity contribution in [1.29, 1.82) is 5.26 Å². The SMILES string of the molecule is Cn1c(-c2ccccc2)c(-c2ccccc2)c(=O)c2cc(C#N)ccc21. The second kappa shape index (κ2) is 6.34. The molecule has 0 saturated carbocycles. The van der Waals surface area contributed by atoms with Crippen molar-refractivity contribution in [2.45, 2.75) is 0 Å². The van der Waals surface area contributed by atoms with Crippen LogP contribution in [0, 0.1) is 11.3 Å². The molecule has 3 aromatic carbocycles. The number of aryl methyl sites for hydroxylation is 1. The summed E-state index contributed by atoms with van der Waals surface area (Å²) >= 11 is 0. The molecule has 4 aromatic rings. The quantitative estimate of drug-likeness (QED) is 0.530. The molecule has 0 saturated heterocycles. The minimum atomic E-state index is -0.0553. The lowest BCUT2D eigenvalue weighted by molar-refractivity contribution is 0.962. The molecule has 1 heterocycles. The third kappa shape index (κ3) is 2.49. The van der Waals surface area contributed by atoms with Crippen LogP contribution in [0.1, 0.15) is 5.56 Å². The first kappa shape index (κ1) is 15.9. The smallest absolute Gasteiger partial charge is 0.197 e. The van der Waals surface area contributed by atoms with E-state index in [2.05, 4.69) is 6.07 Å². The summed E-state index contributed by atoms with van der Waals surface area (Å²) in [7, 11) is 1.96. The first-order chi connectivity index (χ1) is 12.7. The first-order valence-electron chi connectivity index (χ1n) is 8.38. The number of hydrogen-bond acceptors (Lipinski definition) is 2. The Labute approximate surface area is 151 Å². The van der Waals surface area contributed by atoms with Crippen molar-refractivity contribution in [3.8, 4) is 28.5 Å². The second-order valence-corrected chi connectivity index (χ2v) is 6.19. The van der Waals surface area contributed by atoms with Crippen LogP contribution in [0.3, 0.4) is 0 Å². The lowest BCUT2D eigenvalue weighted by atomic mass is 9.95. The maximum atomic E-state index is 13.4. The standard InChI is InChI=1S/C23H16N2O/c1-25-20-13-12-16(15-24)14-19(20)23(26)21(17-8-4-2-5-9-17)22(25)18-10-6-3-7-11-18/h2-14H,1H3. The molecule has 0 atom stereocenters. The topological polar surface area (TPSA) is 45.8 Å². The molecule has 4 rings (SSSR count). The van der Waals surface area contributed by atoms with Crippen LogP contribution in [0.15, 0.2) is 83.7 Å². The fourth-order valence-electron chi connectivity index (χ4n) is 3.42. The summed E-state index contributed by atoms with van der Waals surface area (Å²) in [5.74, 6) is 0. The van der Waals surface area contributed by atoms with Gasteiger partial charge in [0, 0.05) is 12.4 Å². The number of nitrogens with zero attached hydrogens (tertiary/aromatic N) is 2. The van der Waals surface area contributed by atoms with Gasteiger partial charge in [0.1, 0.15) is 0 Å². The van der Waals surface area contributed by atoms with Crippen LogP contribution >= 0.6 is 0 Å². The van der Waals surface area contributed by atoms with Gasteiger partial charge in [0.15, 0.2) is 5.43 Å². The molecule has 0 amide bonds. The lowest BCUT2D eigenvalue weighted by Gasteiger charge is -2.18. The summed E-state index contributed by atoms with van der Waals surface area (Å²) < 4.78 is 2.04. The van der Waals surface area contributed by atoms with Gasteiger partial charge in [0.2, 0.25) is 0 Å². The molecule has 3 heteroatoms. The van der Waals surface area contributed by atoms with Gasteiger partial charge in [-0.15, -0.1) is 0 Å². The predicted octanol–water partition coefficient (Wildman–Crippen LogP) is 4.74. The molecule has 0 aliphatic rings. The largest absolute Gasteiger partial charge is 0.343 e. The van der Waals surface area contributed by atoms with Crippen LogP contribution in [0.2, 0.25) is 0 Å². The van der Waals surface area contributed by atoms with Gasteiger partial charge < -0.3 is 4.57 Å². The molecule has 0 radical (unpaired) electrons. The zero-order valence-corrected chi connectivity index (χ0v) is 14.3. The van der Waals surface area contributed by atoms with E-state index < -0.39 is 0 Å². The van der Waals surface area contributed by atoms with E-state index in [1.54, 1.807) is 12.1 Å². The third-order valence-corrected chi connectivity index (χ3v) is 4.64. The highest BCUT2D eigenvalue weighted by Gasteiger charge is 2.18. The van der Waals surface area contributed by atoms with Gasteiger partial charge in [0.25, 0.3) is 0 Å². The van der Waals surface area contributed by atoms with Gasteiger partial charge in [-0.05, 0) is 29.3 Å². The Bertz CT molecular complexity index is 1200. The van der Waals surface area contributed by atoms with Crippen molar-refractivity contribution < 1.29 is 0 Å². The number of hydrogen-bond donors (Lipinski definition) is 0. The van der Waals surface area contributed by atoms with Gasteiger partial charge in [-0.2, -0.15) is 5.26 Å². The Morgan fingerprint density at radius 1 is 0.846 bits per heavy atom. The summed E-state index contributed by atoms with van der Waals surface area (Å²) in [4.78, 5) is 13.4. The first-order valence-corrected chi connectivity index (χ1v) is 8.38. The van der Waals surface area contributed by atoms with Crippen molar-refractivity contribution >= 4 is 10.9 Å². The van der Waals surface area contributed by atoms with Crippen molar-refractivity contribution in [3.63, 3.8) is 0 Å². The van der Waals surface area contributed by atoms with Crippen LogP contribution in [0.5, 0.6) is 0 Å². The molecular formula is C23H16N2O. The lowest BCUT2D eigenvalue weighted by Crippen LogP contribution is -2.14. The van der Waals surface area contributed by atoms with E-state index in [1.807, 2.05) is 78.3 Å². The number of rotatable bonds is 2. The van der Waals surface area contributed by atoms with Gasteiger partial charge in [-0.1, -0.05) is 60.7 Å². The van der Waals surface area contributed by atoms with Crippen LogP contribution in [0.25, 0.3) is 33.3 Å². The van der Waals surface area contributed by atoms with Crippen molar-refractivity contribution in [2.75, 3.05) is 0 Å². The number of pyridine rings is 1. The Kier molecular flexibility index (Phi) is 3.87. The molecule has 1 aromatic heterocycles. The van der Waals surface area contributed by atoms with E-state index >= 15 is 0 Å². The summed E-state index contributed by atoms with van der Waals surface area (Å²) in [5.41, 5.74) is 4.63. The monoisotopic (exact) mass is 336 g/mol. The van der Waals surface area contributed by atoms with E-state index in [4.69, 9.17) is 0 Å². The summed E-state index contributed by atoms with van der Waals surface area (Å²) in [5, 5.41) is 9.78. The Morgan fingerprint density at radius 3 is 2.08 bits per heavy atom. The van der Waals surface area contributed by atoms with Crippen LogP contribution in [-0.2, 0) is 7.05 Å². The number of aromatic nitrogens is 1. The Hall–Kier alpha value is -3.64. The van der Waals surface area contributed by atoms with Crippen molar-refractivity contribution in [2.24, 2.45) is 7.05 Å². The highest BCUT2D eigenvalue weighted by molar-refractivity contribution is 5.92. The predicted molar refractivity (Wildman–Crippen MR) is 105 cm³/mol. The minimum absolute atomic E-state index is 0.0553. The average Bonchev–Trinajstić information content (AvgIpc) is 2.71. The molecule has 3 nitrogen and oxygen atoms in total. The van der Waals surface area contributed by atoms with Gasteiger partial charge in [0.05, 0.1) is 28.4 Å². The zero-order valence-electron chi connectivity index (χ0n) is 14.3. The van der Waals surface area contributed by atoms with Gasteiger partial charge in [-0.3, -0.25) is 4.79 Å². The van der Waals surface area contributed by atoms with E-state index in [9.17, 15) is 10.1 Å². The van der Waals surface area contributed by atoms with E-state index in [-0.39, 0.29) is 5.43 Å². The molecule has 0 N–H and O–H groups in total. The van der Waals surface area contributed by atoms with E-state index in [0.29, 0.717) is 16.5 Å². The minimum Gasteiger partial charge on any atom is -0.343 e. The molecule has 0 spiro atoms. The average molecular weight is 336 g/mol. The fraction of sp³-hybridized carbons (Fsp3) is 0.0435. The fourth-order valence-corrected chi connectivity index (χ4v) is 3.42. The number of nitriles is 1.